The van der Waals surface area contributed by atoms with Gasteiger partial charge in [0.05, 0.1) is 0 Å². The first-order chi connectivity index (χ1) is 6.18. The van der Waals surface area contributed by atoms with E-state index in [1.54, 1.807) is 0 Å². The molecule has 0 rings (SSSR count). The van der Waals surface area contributed by atoms with E-state index in [0.717, 1.165) is 6.61 Å². The van der Waals surface area contributed by atoms with E-state index in [1.807, 2.05) is 0 Å². The molecular formula is C10H23BrOSi. The van der Waals surface area contributed by atoms with Gasteiger partial charge < -0.3 is 4.43 Å². The second-order valence-corrected chi connectivity index (χ2v) is 10.9. The molecule has 0 saturated carbocycles. The summed E-state index contributed by atoms with van der Waals surface area (Å²) in [4.78, 5) is 0. The fourth-order valence-corrected chi connectivity index (χ4v) is 6.60. The molecule has 0 spiro atoms. The second kappa shape index (κ2) is 8.01. The van der Waals surface area contributed by atoms with Gasteiger partial charge in [-0.15, -0.1) is 0 Å². The Kier molecular flexibility index (Phi) is 8.41. The number of unbranched alkanes of at least 4 members (excludes halogenated alkanes) is 2. The van der Waals surface area contributed by atoms with E-state index in [-0.39, 0.29) is 0 Å². The molecule has 0 amide bonds. The van der Waals surface area contributed by atoms with Crippen LogP contribution in [0.2, 0.25) is 12.1 Å². The van der Waals surface area contributed by atoms with Gasteiger partial charge in [-0.2, -0.15) is 0 Å². The zero-order valence-electron chi connectivity index (χ0n) is 9.24. The molecule has 0 aliphatic carbocycles. The van der Waals surface area contributed by atoms with Crippen LogP contribution < -0.4 is 0 Å². The molecule has 0 atom stereocenters. The molecule has 0 N–H and O–H groups in total. The molecule has 0 aliphatic heterocycles. The Hall–Kier alpha value is 0.657. The lowest BCUT2D eigenvalue weighted by Crippen LogP contribution is -2.30. The maximum absolute atomic E-state index is 5.89. The Morgan fingerprint density at radius 3 is 1.77 bits per heavy atom. The summed E-state index contributed by atoms with van der Waals surface area (Å²) < 4.78 is 5.89. The minimum atomic E-state index is -1.48. The summed E-state index contributed by atoms with van der Waals surface area (Å²) in [6.45, 7) is 5.97. The van der Waals surface area contributed by atoms with Gasteiger partial charge in [0.1, 0.15) is 0 Å². The smallest absolute Gasteiger partial charge is 0.263 e. The predicted octanol–water partition coefficient (Wildman–Crippen LogP) is 4.46. The van der Waals surface area contributed by atoms with E-state index in [1.165, 1.54) is 37.8 Å². The average molecular weight is 267 g/mol. The molecular weight excluding hydrogens is 244 g/mol. The highest BCUT2D eigenvalue weighted by molar-refractivity contribution is 9.25. The van der Waals surface area contributed by atoms with Crippen LogP contribution in [-0.2, 0) is 4.43 Å². The standard InChI is InChI=1S/C10H23BrOSi/c1-4-7-9-13(11,12-6-3)10-8-5-2/h4-10H2,1-3H3. The van der Waals surface area contributed by atoms with Gasteiger partial charge in [0.25, 0.3) is 6.94 Å². The molecule has 1 nitrogen and oxygen atoms in total. The van der Waals surface area contributed by atoms with Crippen molar-refractivity contribution in [2.45, 2.75) is 58.5 Å². The lowest BCUT2D eigenvalue weighted by molar-refractivity contribution is 0.334. The van der Waals surface area contributed by atoms with Gasteiger partial charge in [0, 0.05) is 6.61 Å². The molecule has 0 aliphatic rings. The van der Waals surface area contributed by atoms with Gasteiger partial charge >= 0.3 is 0 Å². The molecule has 3 heteroatoms. The van der Waals surface area contributed by atoms with Crippen LogP contribution in [0.1, 0.15) is 46.5 Å². The SMILES string of the molecule is CCCC[Si](Br)(CCCC)OCC. The van der Waals surface area contributed by atoms with Crippen molar-refractivity contribution < 1.29 is 4.43 Å². The maximum atomic E-state index is 5.89. The van der Waals surface area contributed by atoms with Crippen molar-refractivity contribution in [1.82, 2.24) is 0 Å². The first-order valence-electron chi connectivity index (χ1n) is 5.51. The first-order valence-corrected chi connectivity index (χ1v) is 10.1. The third kappa shape index (κ3) is 6.69. The Morgan fingerprint density at radius 2 is 1.46 bits per heavy atom. The molecule has 0 aromatic heterocycles. The van der Waals surface area contributed by atoms with Crippen molar-refractivity contribution in [2.75, 3.05) is 6.61 Å². The van der Waals surface area contributed by atoms with Crippen LogP contribution in [0.5, 0.6) is 0 Å². The fourth-order valence-electron chi connectivity index (χ4n) is 1.41. The van der Waals surface area contributed by atoms with Crippen LogP contribution in [0.3, 0.4) is 0 Å². The van der Waals surface area contributed by atoms with Crippen molar-refractivity contribution in [3.63, 3.8) is 0 Å². The molecule has 0 aromatic rings. The van der Waals surface area contributed by atoms with Crippen molar-refractivity contribution in [1.29, 1.82) is 0 Å². The fraction of sp³-hybridized carbons (Fsp3) is 1.00. The monoisotopic (exact) mass is 266 g/mol. The molecule has 0 aromatic carbocycles. The number of hydrogen-bond donors (Lipinski definition) is 0. The molecule has 0 radical (unpaired) electrons. The largest absolute Gasteiger partial charge is 0.407 e. The Bertz CT molecular complexity index is 111. The van der Waals surface area contributed by atoms with Gasteiger partial charge in [0.2, 0.25) is 0 Å². The Balaban J connectivity index is 3.84. The van der Waals surface area contributed by atoms with Crippen LogP contribution in [0.4, 0.5) is 0 Å². The van der Waals surface area contributed by atoms with E-state index >= 15 is 0 Å². The van der Waals surface area contributed by atoms with E-state index < -0.39 is 6.94 Å². The van der Waals surface area contributed by atoms with Gasteiger partial charge in [-0.1, -0.05) is 54.8 Å². The lowest BCUT2D eigenvalue weighted by Gasteiger charge is -2.24. The topological polar surface area (TPSA) is 9.23 Å². The first kappa shape index (κ1) is 13.7. The summed E-state index contributed by atoms with van der Waals surface area (Å²) in [5.41, 5.74) is 0. The van der Waals surface area contributed by atoms with Crippen LogP contribution in [0.25, 0.3) is 0 Å². The van der Waals surface area contributed by atoms with Gasteiger partial charge in [-0.3, -0.25) is 0 Å². The minimum Gasteiger partial charge on any atom is -0.407 e. The van der Waals surface area contributed by atoms with Crippen molar-refractivity contribution in [3.05, 3.63) is 0 Å². The highest BCUT2D eigenvalue weighted by Crippen LogP contribution is 2.28. The number of rotatable bonds is 8. The molecule has 13 heavy (non-hydrogen) atoms. The van der Waals surface area contributed by atoms with Crippen molar-refractivity contribution in [2.24, 2.45) is 0 Å². The van der Waals surface area contributed by atoms with Crippen molar-refractivity contribution >= 4 is 22.2 Å². The number of hydrogen-bond acceptors (Lipinski definition) is 1. The predicted molar refractivity (Wildman–Crippen MR) is 65.7 cm³/mol. The minimum absolute atomic E-state index is 0.866. The van der Waals surface area contributed by atoms with Crippen LogP contribution in [0.15, 0.2) is 0 Å². The van der Waals surface area contributed by atoms with Crippen LogP contribution >= 0.6 is 15.3 Å². The molecule has 0 unspecified atom stereocenters. The summed E-state index contributed by atoms with van der Waals surface area (Å²) in [5.74, 6) is 0. The normalized spacial score (nSPS) is 12.0. The molecule has 0 heterocycles. The van der Waals surface area contributed by atoms with Gasteiger partial charge in [0.15, 0.2) is 0 Å². The van der Waals surface area contributed by atoms with E-state index in [4.69, 9.17) is 4.43 Å². The second-order valence-electron chi connectivity index (χ2n) is 3.52. The average Bonchev–Trinajstić information content (AvgIpc) is 2.12. The summed E-state index contributed by atoms with van der Waals surface area (Å²) in [6, 6.07) is 2.55. The summed E-state index contributed by atoms with van der Waals surface area (Å²) >= 11 is 3.86. The van der Waals surface area contributed by atoms with E-state index in [0.29, 0.717) is 0 Å². The molecule has 0 fully saturated rings. The van der Waals surface area contributed by atoms with Crippen LogP contribution in [0, 0.1) is 0 Å². The summed E-state index contributed by atoms with van der Waals surface area (Å²) in [6.07, 6.45) is 5.17. The Morgan fingerprint density at radius 1 is 1.00 bits per heavy atom. The lowest BCUT2D eigenvalue weighted by atomic mass is 10.4. The van der Waals surface area contributed by atoms with Gasteiger partial charge in [-0.25, -0.2) is 0 Å². The molecule has 0 saturated heterocycles. The molecule has 0 bridgehead atoms. The van der Waals surface area contributed by atoms with E-state index in [9.17, 15) is 0 Å². The Labute approximate surface area is 92.0 Å². The maximum Gasteiger partial charge on any atom is 0.263 e. The quantitative estimate of drug-likeness (QED) is 0.466. The van der Waals surface area contributed by atoms with Crippen LogP contribution in [-0.4, -0.2) is 13.5 Å². The summed E-state index contributed by atoms with van der Waals surface area (Å²) in [5, 5.41) is 0. The molecule has 80 valence electrons. The zero-order chi connectivity index (χ0) is 10.2. The third-order valence-corrected chi connectivity index (χ3v) is 8.28. The summed E-state index contributed by atoms with van der Waals surface area (Å²) in [7, 11) is 0. The van der Waals surface area contributed by atoms with E-state index in [2.05, 4.69) is 36.1 Å². The highest BCUT2D eigenvalue weighted by atomic mass is 79.9. The number of halogens is 1. The third-order valence-electron chi connectivity index (χ3n) is 2.21. The van der Waals surface area contributed by atoms with Gasteiger partial charge in [-0.05, 0) is 19.0 Å². The highest BCUT2D eigenvalue weighted by Gasteiger charge is 2.29. The van der Waals surface area contributed by atoms with Crippen molar-refractivity contribution in [3.8, 4) is 0 Å². The zero-order valence-corrected chi connectivity index (χ0v) is 11.8.